The predicted molar refractivity (Wildman–Crippen MR) is 253 cm³/mol. The summed E-state index contributed by atoms with van der Waals surface area (Å²) in [6.45, 7) is 0.280. The highest BCUT2D eigenvalue weighted by molar-refractivity contribution is 7.01. The molecule has 13 aromatic rings. The van der Waals surface area contributed by atoms with Gasteiger partial charge in [0, 0.05) is 87.9 Å². The summed E-state index contributed by atoms with van der Waals surface area (Å²) in [7, 11) is 0. The molecule has 0 amide bonds. The largest absolute Gasteiger partial charge is 0.310 e. The third kappa shape index (κ3) is 2.99. The molecule has 6 heteroatoms. The van der Waals surface area contributed by atoms with Gasteiger partial charge in [-0.2, -0.15) is 0 Å². The van der Waals surface area contributed by atoms with Crippen LogP contribution in [0.4, 0.5) is 0 Å². The number of aromatic nitrogens is 4. The fraction of sp³-hybridized carbons (Fsp3) is 0. The minimum Gasteiger partial charge on any atom is -0.310 e. The minimum absolute atomic E-state index is 0.140. The molecule has 60 heavy (non-hydrogen) atoms. The van der Waals surface area contributed by atoms with Crippen LogP contribution in [0.3, 0.4) is 0 Å². The molecule has 4 aliphatic heterocycles. The summed E-state index contributed by atoms with van der Waals surface area (Å²) in [6, 6.07) is 65.0. The highest BCUT2D eigenvalue weighted by atomic mass is 15.1. The van der Waals surface area contributed by atoms with Gasteiger partial charge >= 0.3 is 0 Å². The first kappa shape index (κ1) is 29.5. The van der Waals surface area contributed by atoms with E-state index in [9.17, 15) is 0 Å². The molecule has 270 valence electrons. The number of benzene rings is 9. The molecule has 4 nitrogen and oxygen atoms in total. The van der Waals surface area contributed by atoms with E-state index in [0.717, 1.165) is 0 Å². The van der Waals surface area contributed by atoms with Crippen LogP contribution < -0.4 is 32.8 Å². The Labute approximate surface area is 342 Å². The SMILES string of the molecule is c1cc2c3c(c1)-n1c4cc5c(cc4c4cccc(c41)B3c1cccc3c4ccccc4n-2c13)c1cccc2c1n5-c1cccc3c1B2c1cccc2c4ccccc4n-3c12. The van der Waals surface area contributed by atoms with Gasteiger partial charge in [0.05, 0.1) is 22.1 Å². The summed E-state index contributed by atoms with van der Waals surface area (Å²) < 4.78 is 10.3. The summed E-state index contributed by atoms with van der Waals surface area (Å²) in [5.74, 6) is 0. The second-order valence-electron chi connectivity index (χ2n) is 17.5. The van der Waals surface area contributed by atoms with Crippen molar-refractivity contribution in [2.24, 2.45) is 0 Å². The van der Waals surface area contributed by atoms with Crippen LogP contribution in [0.5, 0.6) is 0 Å². The molecule has 9 aromatic carbocycles. The highest BCUT2D eigenvalue weighted by Crippen LogP contribution is 2.43. The molecule has 0 radical (unpaired) electrons. The van der Waals surface area contributed by atoms with Crippen LogP contribution in [-0.4, -0.2) is 31.7 Å². The van der Waals surface area contributed by atoms with Crippen molar-refractivity contribution in [3.8, 4) is 22.7 Å². The molecule has 4 aromatic heterocycles. The van der Waals surface area contributed by atoms with Crippen LogP contribution in [0, 0.1) is 0 Å². The molecule has 17 rings (SSSR count). The van der Waals surface area contributed by atoms with E-state index >= 15 is 0 Å². The zero-order valence-corrected chi connectivity index (χ0v) is 32.1. The molecule has 0 saturated heterocycles. The first-order chi connectivity index (χ1) is 29.8. The summed E-state index contributed by atoms with van der Waals surface area (Å²) in [5.41, 5.74) is 23.9. The van der Waals surface area contributed by atoms with Gasteiger partial charge in [-0.25, -0.2) is 0 Å². The van der Waals surface area contributed by atoms with Crippen molar-refractivity contribution in [2.45, 2.75) is 0 Å². The van der Waals surface area contributed by atoms with Crippen molar-refractivity contribution >= 4 is 133 Å². The lowest BCUT2D eigenvalue weighted by atomic mass is 9.34. The molecule has 0 atom stereocenters. The molecule has 0 spiro atoms. The number of hydrogen-bond donors (Lipinski definition) is 0. The van der Waals surface area contributed by atoms with Crippen molar-refractivity contribution in [1.29, 1.82) is 0 Å². The fourth-order valence-corrected chi connectivity index (χ4v) is 13.1. The number of fused-ring (bicyclic) bond motifs is 20. The Hall–Kier alpha value is -7.69. The lowest BCUT2D eigenvalue weighted by Crippen LogP contribution is -2.59. The smallest absolute Gasteiger partial charge is 0.252 e. The monoisotopic (exact) mass is 754 g/mol. The van der Waals surface area contributed by atoms with Crippen LogP contribution in [0.1, 0.15) is 0 Å². The van der Waals surface area contributed by atoms with E-state index in [-0.39, 0.29) is 13.4 Å². The fourth-order valence-electron chi connectivity index (χ4n) is 13.1. The van der Waals surface area contributed by atoms with Crippen LogP contribution in [0.2, 0.25) is 0 Å². The summed E-state index contributed by atoms with van der Waals surface area (Å²) in [4.78, 5) is 0. The van der Waals surface area contributed by atoms with Crippen molar-refractivity contribution in [2.75, 3.05) is 0 Å². The zero-order valence-electron chi connectivity index (χ0n) is 32.1. The van der Waals surface area contributed by atoms with Crippen molar-refractivity contribution in [1.82, 2.24) is 18.3 Å². The first-order valence-electron chi connectivity index (χ1n) is 21.2. The Morgan fingerprint density at radius 2 is 0.567 bits per heavy atom. The molecule has 0 aliphatic carbocycles. The van der Waals surface area contributed by atoms with Gasteiger partial charge in [-0.05, 0) is 81.3 Å². The molecular formula is C54H28B2N4. The van der Waals surface area contributed by atoms with E-state index in [2.05, 4.69) is 188 Å². The Kier molecular flexibility index (Phi) is 4.72. The maximum absolute atomic E-state index is 2.61. The minimum atomic E-state index is 0.140. The lowest BCUT2D eigenvalue weighted by Gasteiger charge is -2.33. The van der Waals surface area contributed by atoms with Gasteiger partial charge in [0.1, 0.15) is 0 Å². The van der Waals surface area contributed by atoms with Gasteiger partial charge in [-0.3, -0.25) is 0 Å². The molecule has 4 aliphatic rings. The molecule has 0 fully saturated rings. The normalized spacial score (nSPS) is 13.9. The van der Waals surface area contributed by atoms with Gasteiger partial charge in [-0.15, -0.1) is 0 Å². The molecular weight excluding hydrogens is 726 g/mol. The average Bonchev–Trinajstić information content (AvgIpc) is 4.03. The molecule has 0 unspecified atom stereocenters. The molecule has 0 saturated carbocycles. The van der Waals surface area contributed by atoms with Crippen molar-refractivity contribution < 1.29 is 0 Å². The van der Waals surface area contributed by atoms with E-state index in [4.69, 9.17) is 0 Å². The third-order valence-electron chi connectivity index (χ3n) is 15.1. The topological polar surface area (TPSA) is 19.7 Å². The Balaban J connectivity index is 1.02. The second kappa shape index (κ2) is 9.60. The summed E-state index contributed by atoms with van der Waals surface area (Å²) >= 11 is 0. The number of hydrogen-bond acceptors (Lipinski definition) is 0. The summed E-state index contributed by atoms with van der Waals surface area (Å²) in [6.07, 6.45) is 0. The lowest BCUT2D eigenvalue weighted by molar-refractivity contribution is 1.14. The first-order valence-corrected chi connectivity index (χ1v) is 21.2. The van der Waals surface area contributed by atoms with Crippen molar-refractivity contribution in [3.63, 3.8) is 0 Å². The van der Waals surface area contributed by atoms with Gasteiger partial charge in [-0.1, -0.05) is 121 Å². The Morgan fingerprint density at radius 1 is 0.250 bits per heavy atom. The quantitative estimate of drug-likeness (QED) is 0.139. The van der Waals surface area contributed by atoms with Crippen LogP contribution in [-0.2, 0) is 0 Å². The van der Waals surface area contributed by atoms with E-state index < -0.39 is 0 Å². The predicted octanol–water partition coefficient (Wildman–Crippen LogP) is 8.36. The maximum Gasteiger partial charge on any atom is 0.252 e. The molecule has 0 N–H and O–H groups in total. The van der Waals surface area contributed by atoms with Gasteiger partial charge in [0.25, 0.3) is 13.4 Å². The van der Waals surface area contributed by atoms with E-state index in [1.54, 1.807) is 0 Å². The standard InChI is InChI=1S/C54H28B2N4/c1-3-21-41-29(11-1)31-13-5-17-37-51(31)57(41)43-23-9-25-45-49(43)55(37)39-19-7-15-33-35-27-36-34-16-8-20-40-54(34)60(48(36)28-47(35)59(45)53(33)39)46-26-10-24-44-50(46)56(40)38-18-6-14-32-30-12-2-4-22-42(30)58(44)52(32)38/h1-28H. The van der Waals surface area contributed by atoms with E-state index in [1.165, 1.54) is 143 Å². The molecule has 0 bridgehead atoms. The number of para-hydroxylation sites is 6. The van der Waals surface area contributed by atoms with Gasteiger partial charge in [0.2, 0.25) is 0 Å². The van der Waals surface area contributed by atoms with Crippen molar-refractivity contribution in [3.05, 3.63) is 170 Å². The van der Waals surface area contributed by atoms with E-state index in [0.29, 0.717) is 0 Å². The Bertz CT molecular complexity index is 4000. The van der Waals surface area contributed by atoms with Crippen LogP contribution >= 0.6 is 0 Å². The van der Waals surface area contributed by atoms with Crippen LogP contribution in [0.15, 0.2) is 170 Å². The molecule has 8 heterocycles. The highest BCUT2D eigenvalue weighted by Gasteiger charge is 2.43. The summed E-state index contributed by atoms with van der Waals surface area (Å²) in [5, 5.41) is 10.5. The van der Waals surface area contributed by atoms with Crippen LogP contribution in [0.25, 0.3) is 110 Å². The number of rotatable bonds is 0. The Morgan fingerprint density at radius 3 is 0.967 bits per heavy atom. The zero-order chi connectivity index (χ0) is 38.3. The van der Waals surface area contributed by atoms with E-state index in [1.807, 2.05) is 0 Å². The van der Waals surface area contributed by atoms with Gasteiger partial charge in [0.15, 0.2) is 0 Å². The van der Waals surface area contributed by atoms with Gasteiger partial charge < -0.3 is 18.3 Å². The number of nitrogens with zero attached hydrogens (tertiary/aromatic N) is 4. The maximum atomic E-state index is 2.61. The average molecular weight is 754 g/mol. The second-order valence-corrected chi connectivity index (χ2v) is 17.5. The third-order valence-corrected chi connectivity index (χ3v) is 15.1.